The standard InChI is InChI=1S/C12H14I2N6O/c1-3-10-17-19-12(20(10)15)18-16-6-7-4-8(13)5-9(14)11(7)21-2/h4-6H,3,15H2,1-2H3,(H,18,19)/b16-6-. The molecule has 0 aliphatic heterocycles. The first-order valence-corrected chi connectivity index (χ1v) is 8.24. The van der Waals surface area contributed by atoms with Crippen molar-refractivity contribution in [2.45, 2.75) is 13.3 Å². The molecule has 1 heterocycles. The number of nitrogens with zero attached hydrogens (tertiary/aromatic N) is 4. The molecule has 0 radical (unpaired) electrons. The molecule has 0 fully saturated rings. The summed E-state index contributed by atoms with van der Waals surface area (Å²) in [6, 6.07) is 4.02. The van der Waals surface area contributed by atoms with Gasteiger partial charge < -0.3 is 10.6 Å². The van der Waals surface area contributed by atoms with Crippen LogP contribution in [0.2, 0.25) is 0 Å². The number of rotatable bonds is 5. The van der Waals surface area contributed by atoms with E-state index in [2.05, 4.69) is 65.9 Å². The van der Waals surface area contributed by atoms with Crippen molar-refractivity contribution in [1.29, 1.82) is 0 Å². The molecule has 0 aliphatic rings. The predicted octanol–water partition coefficient (Wildman–Crippen LogP) is 2.22. The van der Waals surface area contributed by atoms with Gasteiger partial charge in [-0.2, -0.15) is 5.10 Å². The van der Waals surface area contributed by atoms with E-state index in [0.29, 0.717) is 18.2 Å². The Morgan fingerprint density at radius 2 is 2.19 bits per heavy atom. The minimum absolute atomic E-state index is 0.391. The van der Waals surface area contributed by atoms with Crippen molar-refractivity contribution in [1.82, 2.24) is 14.9 Å². The molecule has 0 saturated heterocycles. The first-order chi connectivity index (χ1) is 10.1. The van der Waals surface area contributed by atoms with Crippen LogP contribution < -0.4 is 16.0 Å². The fraction of sp³-hybridized carbons (Fsp3) is 0.250. The summed E-state index contributed by atoms with van der Waals surface area (Å²) < 4.78 is 8.91. The third kappa shape index (κ3) is 3.75. The summed E-state index contributed by atoms with van der Waals surface area (Å²) in [7, 11) is 1.64. The van der Waals surface area contributed by atoms with Gasteiger partial charge >= 0.3 is 0 Å². The molecular formula is C12H14I2N6O. The average Bonchev–Trinajstić information content (AvgIpc) is 2.79. The lowest BCUT2D eigenvalue weighted by molar-refractivity contribution is 0.411. The van der Waals surface area contributed by atoms with Crippen molar-refractivity contribution in [2.75, 3.05) is 18.4 Å². The Bertz CT molecular complexity index is 670. The van der Waals surface area contributed by atoms with Crippen LogP contribution in [0.4, 0.5) is 5.95 Å². The number of nitrogens with two attached hydrogens (primary N) is 1. The number of anilines is 1. The van der Waals surface area contributed by atoms with Gasteiger partial charge in [0.25, 0.3) is 5.95 Å². The second-order valence-electron chi connectivity index (χ2n) is 4.04. The van der Waals surface area contributed by atoms with Crippen LogP contribution >= 0.6 is 45.2 Å². The van der Waals surface area contributed by atoms with Crippen LogP contribution in [0.15, 0.2) is 17.2 Å². The number of aromatic nitrogens is 3. The number of hydrogen-bond donors (Lipinski definition) is 2. The van der Waals surface area contributed by atoms with Gasteiger partial charge in [-0.05, 0) is 57.3 Å². The second kappa shape index (κ2) is 7.24. The van der Waals surface area contributed by atoms with Crippen LogP contribution in [0.25, 0.3) is 0 Å². The van der Waals surface area contributed by atoms with E-state index in [1.165, 1.54) is 4.68 Å². The summed E-state index contributed by atoms with van der Waals surface area (Å²) in [5.41, 5.74) is 3.65. The zero-order valence-electron chi connectivity index (χ0n) is 11.5. The van der Waals surface area contributed by atoms with Crippen LogP contribution in [0.5, 0.6) is 5.75 Å². The van der Waals surface area contributed by atoms with Gasteiger partial charge in [0.05, 0.1) is 16.9 Å². The summed E-state index contributed by atoms with van der Waals surface area (Å²) in [4.78, 5) is 0. The molecule has 0 spiro atoms. The van der Waals surface area contributed by atoms with Gasteiger partial charge in [0.15, 0.2) is 5.82 Å². The number of halogens is 2. The molecule has 0 unspecified atom stereocenters. The molecule has 2 rings (SSSR count). The first-order valence-electron chi connectivity index (χ1n) is 6.08. The van der Waals surface area contributed by atoms with E-state index in [1.54, 1.807) is 13.3 Å². The van der Waals surface area contributed by atoms with Crippen molar-refractivity contribution in [2.24, 2.45) is 5.10 Å². The molecule has 2 aromatic rings. The highest BCUT2D eigenvalue weighted by molar-refractivity contribution is 14.1. The number of methoxy groups -OCH3 is 1. The summed E-state index contributed by atoms with van der Waals surface area (Å²) in [6.45, 7) is 1.96. The maximum Gasteiger partial charge on any atom is 0.263 e. The zero-order chi connectivity index (χ0) is 15.4. The smallest absolute Gasteiger partial charge is 0.263 e. The van der Waals surface area contributed by atoms with Crippen molar-refractivity contribution in [3.8, 4) is 5.75 Å². The zero-order valence-corrected chi connectivity index (χ0v) is 15.8. The molecular weight excluding hydrogens is 498 g/mol. The molecule has 0 bridgehead atoms. The van der Waals surface area contributed by atoms with E-state index < -0.39 is 0 Å². The van der Waals surface area contributed by atoms with Gasteiger partial charge in [0, 0.05) is 15.6 Å². The minimum Gasteiger partial charge on any atom is -0.495 e. The number of aryl methyl sites for hydroxylation is 1. The van der Waals surface area contributed by atoms with E-state index >= 15 is 0 Å². The summed E-state index contributed by atoms with van der Waals surface area (Å²) >= 11 is 4.48. The topological polar surface area (TPSA) is 90.4 Å². The normalized spacial score (nSPS) is 11.0. The van der Waals surface area contributed by atoms with Crippen molar-refractivity contribution < 1.29 is 4.74 Å². The minimum atomic E-state index is 0.391. The van der Waals surface area contributed by atoms with Gasteiger partial charge in [-0.3, -0.25) is 0 Å². The van der Waals surface area contributed by atoms with Crippen molar-refractivity contribution in [3.05, 3.63) is 30.7 Å². The molecule has 7 nitrogen and oxygen atoms in total. The van der Waals surface area contributed by atoms with Crippen LogP contribution in [0.3, 0.4) is 0 Å². The largest absolute Gasteiger partial charge is 0.495 e. The number of benzene rings is 1. The number of hydrazone groups is 1. The summed E-state index contributed by atoms with van der Waals surface area (Å²) in [5, 5.41) is 12.0. The highest BCUT2D eigenvalue weighted by atomic mass is 127. The number of nitrogen functional groups attached to an aromatic ring is 1. The van der Waals surface area contributed by atoms with E-state index in [4.69, 9.17) is 10.6 Å². The predicted molar refractivity (Wildman–Crippen MR) is 99.2 cm³/mol. The van der Waals surface area contributed by atoms with E-state index in [0.717, 1.165) is 18.5 Å². The Balaban J connectivity index is 2.20. The van der Waals surface area contributed by atoms with Gasteiger partial charge in [-0.15, -0.1) is 10.2 Å². The Morgan fingerprint density at radius 3 is 2.81 bits per heavy atom. The molecule has 9 heteroatoms. The molecule has 0 saturated carbocycles. The molecule has 0 amide bonds. The molecule has 1 aromatic heterocycles. The van der Waals surface area contributed by atoms with Gasteiger partial charge in [0.1, 0.15) is 5.75 Å². The molecule has 21 heavy (non-hydrogen) atoms. The second-order valence-corrected chi connectivity index (χ2v) is 6.45. The third-order valence-corrected chi connectivity index (χ3v) is 4.12. The number of nitrogens with one attached hydrogen (secondary N) is 1. The Labute approximate surface area is 149 Å². The van der Waals surface area contributed by atoms with Crippen molar-refractivity contribution >= 4 is 57.3 Å². The lowest BCUT2D eigenvalue weighted by Crippen LogP contribution is -2.15. The van der Waals surface area contributed by atoms with E-state index in [9.17, 15) is 0 Å². The van der Waals surface area contributed by atoms with Crippen molar-refractivity contribution in [3.63, 3.8) is 0 Å². The highest BCUT2D eigenvalue weighted by Crippen LogP contribution is 2.26. The van der Waals surface area contributed by atoms with Gasteiger partial charge in [-0.25, -0.2) is 10.1 Å². The van der Waals surface area contributed by atoms with Gasteiger partial charge in [-0.1, -0.05) is 6.92 Å². The highest BCUT2D eigenvalue weighted by Gasteiger charge is 2.08. The quantitative estimate of drug-likeness (QED) is 0.278. The number of hydrogen-bond acceptors (Lipinski definition) is 6. The van der Waals surface area contributed by atoms with E-state index in [1.807, 2.05) is 19.1 Å². The van der Waals surface area contributed by atoms with Crippen LogP contribution in [-0.2, 0) is 6.42 Å². The first kappa shape index (κ1) is 16.3. The Hall–Kier alpha value is -1.11. The molecule has 3 N–H and O–H groups in total. The fourth-order valence-corrected chi connectivity index (χ4v) is 3.80. The number of ether oxygens (including phenoxy) is 1. The fourth-order valence-electron chi connectivity index (χ4n) is 1.69. The SMILES string of the molecule is CCc1nnc(N/N=C\c2cc(I)cc(I)c2OC)n1N. The summed E-state index contributed by atoms with van der Waals surface area (Å²) in [6.07, 6.45) is 2.38. The van der Waals surface area contributed by atoms with Crippen LogP contribution in [0, 0.1) is 7.14 Å². The monoisotopic (exact) mass is 512 g/mol. The summed E-state index contributed by atoms with van der Waals surface area (Å²) in [5.74, 6) is 7.69. The molecule has 0 atom stereocenters. The van der Waals surface area contributed by atoms with E-state index in [-0.39, 0.29) is 0 Å². The molecule has 0 aliphatic carbocycles. The lowest BCUT2D eigenvalue weighted by Gasteiger charge is -2.08. The third-order valence-electron chi connectivity index (χ3n) is 2.69. The Morgan fingerprint density at radius 1 is 1.43 bits per heavy atom. The van der Waals surface area contributed by atoms with Gasteiger partial charge in [0.2, 0.25) is 0 Å². The Kier molecular flexibility index (Phi) is 5.61. The molecule has 112 valence electrons. The lowest BCUT2D eigenvalue weighted by atomic mass is 10.2. The maximum absolute atomic E-state index is 5.83. The van der Waals surface area contributed by atoms with Crippen LogP contribution in [-0.4, -0.2) is 28.2 Å². The average molecular weight is 512 g/mol. The van der Waals surface area contributed by atoms with Crippen LogP contribution in [0.1, 0.15) is 18.3 Å². The maximum atomic E-state index is 5.83. The molecule has 1 aromatic carbocycles.